The Hall–Kier alpha value is -2.63. The molecule has 0 aliphatic heterocycles. The molecule has 0 bridgehead atoms. The highest BCUT2D eigenvalue weighted by atomic mass is 16.5. The first-order valence-corrected chi connectivity index (χ1v) is 5.43. The van der Waals surface area contributed by atoms with Gasteiger partial charge in [-0.1, -0.05) is 0 Å². The normalized spacial score (nSPS) is 10.0. The van der Waals surface area contributed by atoms with Gasteiger partial charge in [-0.25, -0.2) is 14.8 Å². The van der Waals surface area contributed by atoms with Gasteiger partial charge in [-0.05, 0) is 24.3 Å². The van der Waals surface area contributed by atoms with Crippen LogP contribution in [0.1, 0.15) is 10.5 Å². The second-order valence-electron chi connectivity index (χ2n) is 3.66. The molecule has 2 rings (SSSR count). The predicted octanol–water partition coefficient (Wildman–Crippen LogP) is 1.86. The van der Waals surface area contributed by atoms with Crippen molar-refractivity contribution in [1.29, 1.82) is 0 Å². The minimum absolute atomic E-state index is 0.0558. The lowest BCUT2D eigenvalue weighted by Crippen LogP contribution is -2.01. The van der Waals surface area contributed by atoms with E-state index in [-0.39, 0.29) is 5.69 Å². The number of benzene rings is 1. The van der Waals surface area contributed by atoms with E-state index in [1.807, 2.05) is 0 Å². The van der Waals surface area contributed by atoms with Crippen molar-refractivity contribution < 1.29 is 19.4 Å². The lowest BCUT2D eigenvalue weighted by Gasteiger charge is -2.09. The van der Waals surface area contributed by atoms with E-state index in [9.17, 15) is 4.79 Å². The number of aromatic carboxylic acids is 1. The zero-order chi connectivity index (χ0) is 13.8. The Labute approximate surface area is 109 Å². The van der Waals surface area contributed by atoms with Gasteiger partial charge in [0.1, 0.15) is 6.33 Å². The molecule has 0 amide bonds. The molecule has 6 heteroatoms. The van der Waals surface area contributed by atoms with Gasteiger partial charge in [0.2, 0.25) is 0 Å². The van der Waals surface area contributed by atoms with Gasteiger partial charge in [0.05, 0.1) is 19.9 Å². The van der Waals surface area contributed by atoms with Crippen LogP contribution >= 0.6 is 0 Å². The van der Waals surface area contributed by atoms with E-state index in [0.717, 1.165) is 5.56 Å². The van der Waals surface area contributed by atoms with Crippen molar-refractivity contribution in [2.45, 2.75) is 0 Å². The van der Waals surface area contributed by atoms with E-state index in [1.54, 1.807) is 25.3 Å². The number of nitrogens with zero attached hydrogens (tertiary/aromatic N) is 2. The molecular formula is C13H12N2O4. The number of ether oxygens (including phenoxy) is 2. The van der Waals surface area contributed by atoms with Crippen molar-refractivity contribution >= 4 is 5.97 Å². The second kappa shape index (κ2) is 5.34. The Morgan fingerprint density at radius 3 is 2.47 bits per heavy atom. The Bertz CT molecular complexity index is 613. The summed E-state index contributed by atoms with van der Waals surface area (Å²) in [5.41, 5.74) is 1.18. The molecule has 19 heavy (non-hydrogen) atoms. The third-order valence-electron chi connectivity index (χ3n) is 2.57. The van der Waals surface area contributed by atoms with Gasteiger partial charge in [-0.15, -0.1) is 0 Å². The summed E-state index contributed by atoms with van der Waals surface area (Å²) in [4.78, 5) is 18.6. The molecule has 0 aliphatic rings. The van der Waals surface area contributed by atoms with E-state index < -0.39 is 5.97 Å². The quantitative estimate of drug-likeness (QED) is 0.903. The average molecular weight is 260 g/mol. The number of carbonyl (C=O) groups is 1. The van der Waals surface area contributed by atoms with Gasteiger partial charge >= 0.3 is 5.97 Å². The summed E-state index contributed by atoms with van der Waals surface area (Å²) in [6.45, 7) is 0. The molecule has 0 radical (unpaired) electrons. The highest BCUT2D eigenvalue weighted by Gasteiger charge is 2.10. The summed E-state index contributed by atoms with van der Waals surface area (Å²) in [6.07, 6.45) is 1.22. The van der Waals surface area contributed by atoms with Gasteiger partial charge in [-0.2, -0.15) is 0 Å². The maximum absolute atomic E-state index is 10.9. The number of hydrogen-bond acceptors (Lipinski definition) is 5. The highest BCUT2D eigenvalue weighted by molar-refractivity contribution is 5.86. The first-order valence-electron chi connectivity index (χ1n) is 5.43. The van der Waals surface area contributed by atoms with Crippen LogP contribution in [-0.2, 0) is 0 Å². The first kappa shape index (κ1) is 12.8. The predicted molar refractivity (Wildman–Crippen MR) is 67.5 cm³/mol. The summed E-state index contributed by atoms with van der Waals surface area (Å²) in [6, 6.07) is 6.64. The van der Waals surface area contributed by atoms with Gasteiger partial charge in [0.25, 0.3) is 0 Å². The maximum atomic E-state index is 10.9. The smallest absolute Gasteiger partial charge is 0.354 e. The summed E-state index contributed by atoms with van der Waals surface area (Å²) < 4.78 is 10.3. The summed E-state index contributed by atoms with van der Waals surface area (Å²) in [5, 5.41) is 8.90. The van der Waals surface area contributed by atoms with Crippen LogP contribution in [-0.4, -0.2) is 35.3 Å². The van der Waals surface area contributed by atoms with E-state index in [2.05, 4.69) is 9.97 Å². The highest BCUT2D eigenvalue weighted by Crippen LogP contribution is 2.31. The number of methoxy groups -OCH3 is 2. The minimum Gasteiger partial charge on any atom is -0.493 e. The largest absolute Gasteiger partial charge is 0.493 e. The summed E-state index contributed by atoms with van der Waals surface area (Å²) in [7, 11) is 3.08. The van der Waals surface area contributed by atoms with E-state index >= 15 is 0 Å². The third-order valence-corrected chi connectivity index (χ3v) is 2.57. The van der Waals surface area contributed by atoms with E-state index in [0.29, 0.717) is 17.2 Å². The van der Waals surface area contributed by atoms with Gasteiger partial charge < -0.3 is 14.6 Å². The van der Waals surface area contributed by atoms with Crippen LogP contribution in [0.5, 0.6) is 11.5 Å². The molecule has 0 unspecified atom stereocenters. The van der Waals surface area contributed by atoms with Crippen molar-refractivity contribution in [3.63, 3.8) is 0 Å². The number of carboxylic acids is 1. The molecule has 1 heterocycles. The topological polar surface area (TPSA) is 81.5 Å². The number of hydrogen-bond donors (Lipinski definition) is 1. The maximum Gasteiger partial charge on any atom is 0.354 e. The average Bonchev–Trinajstić information content (AvgIpc) is 2.46. The monoisotopic (exact) mass is 260 g/mol. The van der Waals surface area contributed by atoms with Crippen molar-refractivity contribution in [1.82, 2.24) is 9.97 Å². The lowest BCUT2D eigenvalue weighted by molar-refractivity contribution is 0.0690. The molecule has 0 saturated carbocycles. The van der Waals surface area contributed by atoms with E-state index in [4.69, 9.17) is 14.6 Å². The molecule has 98 valence electrons. The van der Waals surface area contributed by atoms with Crippen molar-refractivity contribution in [3.8, 4) is 22.8 Å². The molecule has 0 fully saturated rings. The van der Waals surface area contributed by atoms with Crippen LogP contribution in [0.3, 0.4) is 0 Å². The number of aromatic nitrogens is 2. The van der Waals surface area contributed by atoms with Gasteiger partial charge in [0.15, 0.2) is 17.2 Å². The number of rotatable bonds is 4. The van der Waals surface area contributed by atoms with Crippen LogP contribution in [0.2, 0.25) is 0 Å². The van der Waals surface area contributed by atoms with Gasteiger partial charge in [-0.3, -0.25) is 0 Å². The number of carboxylic acid groups (broad SMARTS) is 1. The molecule has 0 atom stereocenters. The van der Waals surface area contributed by atoms with Crippen molar-refractivity contribution in [2.75, 3.05) is 14.2 Å². The Morgan fingerprint density at radius 2 is 1.84 bits per heavy atom. The van der Waals surface area contributed by atoms with Gasteiger partial charge in [0, 0.05) is 5.56 Å². The van der Waals surface area contributed by atoms with Crippen molar-refractivity contribution in [3.05, 3.63) is 36.3 Å². The molecule has 1 aromatic carbocycles. The third kappa shape index (κ3) is 2.62. The molecule has 0 spiro atoms. The molecule has 1 N–H and O–H groups in total. The zero-order valence-corrected chi connectivity index (χ0v) is 10.5. The molecule has 0 saturated heterocycles. The lowest BCUT2D eigenvalue weighted by atomic mass is 10.1. The minimum atomic E-state index is -1.09. The van der Waals surface area contributed by atoms with Crippen LogP contribution in [0.4, 0.5) is 0 Å². The fourth-order valence-corrected chi connectivity index (χ4v) is 1.63. The summed E-state index contributed by atoms with van der Waals surface area (Å²) in [5.74, 6) is 0.0541. The Balaban J connectivity index is 2.47. The molecule has 0 aliphatic carbocycles. The Kier molecular flexibility index (Phi) is 3.61. The molecule has 2 aromatic rings. The fourth-order valence-electron chi connectivity index (χ4n) is 1.63. The zero-order valence-electron chi connectivity index (χ0n) is 10.5. The van der Waals surface area contributed by atoms with Crippen LogP contribution < -0.4 is 9.47 Å². The molecule has 1 aromatic heterocycles. The molecular weight excluding hydrogens is 248 g/mol. The van der Waals surface area contributed by atoms with Crippen LogP contribution in [0.15, 0.2) is 30.6 Å². The van der Waals surface area contributed by atoms with E-state index in [1.165, 1.54) is 19.5 Å². The van der Waals surface area contributed by atoms with Crippen LogP contribution in [0.25, 0.3) is 11.3 Å². The fraction of sp³-hybridized carbons (Fsp3) is 0.154. The SMILES string of the molecule is COc1ccc(-c2cc(C(=O)O)ncn2)cc1OC. The van der Waals surface area contributed by atoms with Crippen LogP contribution in [0, 0.1) is 0 Å². The molecule has 6 nitrogen and oxygen atoms in total. The standard InChI is InChI=1S/C13H12N2O4/c1-18-11-4-3-8(5-12(11)19-2)9-6-10(13(16)17)15-7-14-9/h3-7H,1-2H3,(H,16,17). The summed E-state index contributed by atoms with van der Waals surface area (Å²) >= 11 is 0. The second-order valence-corrected chi connectivity index (χ2v) is 3.66. The first-order chi connectivity index (χ1) is 9.15. The Morgan fingerprint density at radius 1 is 1.11 bits per heavy atom. The van der Waals surface area contributed by atoms with Crippen molar-refractivity contribution in [2.24, 2.45) is 0 Å².